The monoisotopic (exact) mass is 438 g/mol. The van der Waals surface area contributed by atoms with Crippen LogP contribution in [0.4, 0.5) is 45.5 Å². The maximum Gasteiger partial charge on any atom is 0.416 e. The molecule has 0 saturated heterocycles. The van der Waals surface area contributed by atoms with E-state index in [1.165, 1.54) is 11.1 Å². The first-order valence-electron chi connectivity index (χ1n) is 10.1. The van der Waals surface area contributed by atoms with Crippen molar-refractivity contribution < 1.29 is 22.4 Å². The zero-order valence-corrected chi connectivity index (χ0v) is 17.1. The zero-order chi connectivity index (χ0) is 22.3. The van der Waals surface area contributed by atoms with Crippen molar-refractivity contribution in [1.29, 1.82) is 0 Å². The van der Waals surface area contributed by atoms with Crippen LogP contribution in [-0.4, -0.2) is 40.6 Å². The van der Waals surface area contributed by atoms with Gasteiger partial charge in [0.25, 0.3) is 0 Å². The third-order valence-corrected chi connectivity index (χ3v) is 5.61. The molecule has 0 spiro atoms. The molecule has 1 aromatic carbocycles. The highest BCUT2D eigenvalue weighted by molar-refractivity contribution is 5.98. The number of benzene rings is 1. The van der Waals surface area contributed by atoms with E-state index in [-0.39, 0.29) is 23.7 Å². The minimum absolute atomic E-state index is 0.0270. The van der Waals surface area contributed by atoms with Gasteiger partial charge in [-0.3, -0.25) is 9.91 Å². The van der Waals surface area contributed by atoms with Crippen molar-refractivity contribution in [1.82, 2.24) is 15.0 Å². The molecule has 2 amide bonds. The number of anilines is 4. The first-order chi connectivity index (χ1) is 14.7. The van der Waals surface area contributed by atoms with E-state index in [1.54, 1.807) is 12.1 Å². The minimum atomic E-state index is -4.63. The first kappa shape index (κ1) is 21.1. The Kier molecular flexibility index (Phi) is 5.36. The largest absolute Gasteiger partial charge is 0.416 e. The molecule has 1 aliphatic heterocycles. The van der Waals surface area contributed by atoms with Crippen LogP contribution in [0.1, 0.15) is 38.2 Å². The van der Waals surface area contributed by atoms with E-state index in [0.29, 0.717) is 24.1 Å². The number of hydrazine groups is 1. The third kappa shape index (κ3) is 3.84. The Morgan fingerprint density at radius 2 is 1.94 bits per heavy atom. The summed E-state index contributed by atoms with van der Waals surface area (Å²) in [6.45, 7) is 2.32. The summed E-state index contributed by atoms with van der Waals surface area (Å²) in [5, 5.41) is 6.15. The lowest BCUT2D eigenvalue weighted by Gasteiger charge is -2.45. The SMILES string of the molecule is CCN1C(=O)N(C)c2cnc(Nc3ccc(C(F)(F)F)cc3F)nc2N1C1CCCC1. The molecule has 1 aliphatic carbocycles. The van der Waals surface area contributed by atoms with Gasteiger partial charge in [0, 0.05) is 13.6 Å². The number of carbonyl (C=O) groups excluding carboxylic acids is 1. The average molecular weight is 438 g/mol. The number of hydrogen-bond acceptors (Lipinski definition) is 5. The van der Waals surface area contributed by atoms with Crippen LogP contribution in [0.5, 0.6) is 0 Å². The Hall–Kier alpha value is -3.11. The Morgan fingerprint density at radius 1 is 1.23 bits per heavy atom. The van der Waals surface area contributed by atoms with E-state index in [1.807, 2.05) is 11.9 Å². The van der Waals surface area contributed by atoms with Gasteiger partial charge in [-0.05, 0) is 38.0 Å². The fourth-order valence-electron chi connectivity index (χ4n) is 4.03. The van der Waals surface area contributed by atoms with Gasteiger partial charge in [-0.1, -0.05) is 12.8 Å². The van der Waals surface area contributed by atoms with Gasteiger partial charge < -0.3 is 5.32 Å². The highest BCUT2D eigenvalue weighted by Crippen LogP contribution is 2.39. The van der Waals surface area contributed by atoms with Crippen molar-refractivity contribution in [3.05, 3.63) is 35.8 Å². The van der Waals surface area contributed by atoms with Crippen molar-refractivity contribution in [3.8, 4) is 0 Å². The number of urea groups is 1. The Bertz CT molecular complexity index is 992. The van der Waals surface area contributed by atoms with Crippen LogP contribution in [0.15, 0.2) is 24.4 Å². The van der Waals surface area contributed by atoms with E-state index in [0.717, 1.165) is 37.8 Å². The second-order valence-corrected chi connectivity index (χ2v) is 7.56. The quantitative estimate of drug-likeness (QED) is 0.686. The third-order valence-electron chi connectivity index (χ3n) is 5.61. The van der Waals surface area contributed by atoms with E-state index in [4.69, 9.17) is 0 Å². The van der Waals surface area contributed by atoms with Gasteiger partial charge in [0.15, 0.2) is 5.82 Å². The summed E-state index contributed by atoms with van der Waals surface area (Å²) >= 11 is 0. The predicted molar refractivity (Wildman–Crippen MR) is 108 cm³/mol. The van der Waals surface area contributed by atoms with Gasteiger partial charge in [0.1, 0.15) is 11.5 Å². The molecule has 0 unspecified atom stereocenters. The molecular formula is C20H22F4N6O. The van der Waals surface area contributed by atoms with Gasteiger partial charge >= 0.3 is 12.2 Å². The molecule has 11 heteroatoms. The highest BCUT2D eigenvalue weighted by atomic mass is 19.4. The number of aromatic nitrogens is 2. The van der Waals surface area contributed by atoms with Crippen LogP contribution < -0.4 is 15.2 Å². The second-order valence-electron chi connectivity index (χ2n) is 7.56. The van der Waals surface area contributed by atoms with Crippen molar-refractivity contribution in [2.75, 3.05) is 28.8 Å². The fourth-order valence-corrected chi connectivity index (χ4v) is 4.03. The summed E-state index contributed by atoms with van der Waals surface area (Å²) in [4.78, 5) is 22.9. The molecule has 166 valence electrons. The first-order valence-corrected chi connectivity index (χ1v) is 10.1. The summed E-state index contributed by atoms with van der Waals surface area (Å²) in [6, 6.07) is 2.13. The number of nitrogens with zero attached hydrogens (tertiary/aromatic N) is 5. The molecular weight excluding hydrogens is 416 g/mol. The molecule has 1 aromatic heterocycles. The molecule has 0 atom stereocenters. The van der Waals surface area contributed by atoms with Crippen LogP contribution in [0.25, 0.3) is 0 Å². The van der Waals surface area contributed by atoms with E-state index < -0.39 is 17.6 Å². The fraction of sp³-hybridized carbons (Fsp3) is 0.450. The van der Waals surface area contributed by atoms with Gasteiger partial charge in [0.05, 0.1) is 23.5 Å². The summed E-state index contributed by atoms with van der Waals surface area (Å²) in [6.07, 6.45) is 0.736. The minimum Gasteiger partial charge on any atom is -0.322 e. The van der Waals surface area contributed by atoms with Crippen LogP contribution in [0, 0.1) is 5.82 Å². The van der Waals surface area contributed by atoms with Gasteiger partial charge in [0.2, 0.25) is 5.95 Å². The van der Waals surface area contributed by atoms with Crippen molar-refractivity contribution in [3.63, 3.8) is 0 Å². The Labute approximate surface area is 176 Å². The van der Waals surface area contributed by atoms with Crippen LogP contribution in [-0.2, 0) is 6.18 Å². The molecule has 0 radical (unpaired) electrons. The lowest BCUT2D eigenvalue weighted by Crippen LogP contribution is -2.59. The molecule has 0 bridgehead atoms. The lowest BCUT2D eigenvalue weighted by atomic mass is 10.2. The molecule has 1 saturated carbocycles. The number of rotatable bonds is 4. The van der Waals surface area contributed by atoms with Gasteiger partial charge in [-0.2, -0.15) is 18.2 Å². The Balaban J connectivity index is 1.70. The molecule has 7 nitrogen and oxygen atoms in total. The highest BCUT2D eigenvalue weighted by Gasteiger charge is 2.39. The maximum absolute atomic E-state index is 14.3. The van der Waals surface area contributed by atoms with Gasteiger partial charge in [-0.15, -0.1) is 0 Å². The molecule has 4 rings (SSSR count). The number of alkyl halides is 3. The summed E-state index contributed by atoms with van der Waals surface area (Å²) in [5.74, 6) is -0.536. The Morgan fingerprint density at radius 3 is 2.55 bits per heavy atom. The normalized spacial score (nSPS) is 17.4. The second kappa shape index (κ2) is 7.86. The lowest BCUT2D eigenvalue weighted by molar-refractivity contribution is -0.137. The molecule has 2 aliphatic rings. The van der Waals surface area contributed by atoms with Gasteiger partial charge in [-0.25, -0.2) is 19.2 Å². The summed E-state index contributed by atoms with van der Waals surface area (Å²) in [7, 11) is 1.63. The van der Waals surface area contributed by atoms with E-state index in [2.05, 4.69) is 15.3 Å². The molecule has 2 heterocycles. The number of amides is 2. The average Bonchev–Trinajstić information content (AvgIpc) is 3.25. The number of carbonyl (C=O) groups is 1. The zero-order valence-electron chi connectivity index (χ0n) is 17.1. The van der Waals surface area contributed by atoms with Crippen LogP contribution in [0.3, 0.4) is 0 Å². The van der Waals surface area contributed by atoms with Crippen molar-refractivity contribution >= 4 is 29.2 Å². The predicted octanol–water partition coefficient (Wildman–Crippen LogP) is 4.93. The molecule has 2 aromatic rings. The maximum atomic E-state index is 14.3. The van der Waals surface area contributed by atoms with Crippen molar-refractivity contribution in [2.45, 2.75) is 44.8 Å². The van der Waals surface area contributed by atoms with Crippen LogP contribution in [0.2, 0.25) is 0 Å². The molecule has 1 N–H and O–H groups in total. The number of nitrogens with one attached hydrogen (secondary N) is 1. The van der Waals surface area contributed by atoms with Crippen molar-refractivity contribution in [2.24, 2.45) is 0 Å². The topological polar surface area (TPSA) is 64.6 Å². The number of hydrogen-bond donors (Lipinski definition) is 1. The van der Waals surface area contributed by atoms with Crippen LogP contribution >= 0.6 is 0 Å². The van der Waals surface area contributed by atoms with E-state index in [9.17, 15) is 22.4 Å². The smallest absolute Gasteiger partial charge is 0.322 e. The summed E-state index contributed by atoms with van der Waals surface area (Å²) < 4.78 is 52.6. The standard InChI is InChI=1S/C20H22F4N6O/c1-3-29-19(31)28(2)16-11-25-18(27-17(16)30(29)13-6-4-5-7-13)26-15-9-8-12(10-14(15)21)20(22,23)24/h8-11,13H,3-7H2,1-2H3,(H,25,26,27). The molecule has 1 fully saturated rings. The van der Waals surface area contributed by atoms with E-state index >= 15 is 0 Å². The number of halogens is 4. The molecule has 31 heavy (non-hydrogen) atoms. The number of fused-ring (bicyclic) bond motifs is 1. The summed E-state index contributed by atoms with van der Waals surface area (Å²) in [5.41, 5.74) is -0.735.